The van der Waals surface area contributed by atoms with Crippen LogP contribution in [-0.4, -0.2) is 48.6 Å². The minimum Gasteiger partial charge on any atom is -0.469 e. The van der Waals surface area contributed by atoms with Crippen LogP contribution in [0, 0.1) is 11.8 Å². The molecule has 0 spiro atoms. The normalized spacial score (nSPS) is 29.6. The van der Waals surface area contributed by atoms with Crippen molar-refractivity contribution >= 4 is 5.96 Å². The smallest absolute Gasteiger partial charge is 0.191 e. The van der Waals surface area contributed by atoms with Crippen molar-refractivity contribution in [2.45, 2.75) is 76.9 Å². The van der Waals surface area contributed by atoms with Crippen LogP contribution in [0.5, 0.6) is 0 Å². The SMILES string of the molecule is CC(C)N1CCC(NC(=NCCc2ccco2)NC2CC3CCC2C3)CC1. The topological polar surface area (TPSA) is 52.8 Å². The summed E-state index contributed by atoms with van der Waals surface area (Å²) < 4.78 is 5.46. The minimum atomic E-state index is 0.536. The molecular formula is C22H36N4O. The van der Waals surface area contributed by atoms with Gasteiger partial charge < -0.3 is 20.0 Å². The molecule has 3 atom stereocenters. The largest absolute Gasteiger partial charge is 0.469 e. The first kappa shape index (κ1) is 18.9. The van der Waals surface area contributed by atoms with Crippen LogP contribution in [0.3, 0.4) is 0 Å². The van der Waals surface area contributed by atoms with Gasteiger partial charge in [-0.25, -0.2) is 0 Å². The van der Waals surface area contributed by atoms with E-state index >= 15 is 0 Å². The minimum absolute atomic E-state index is 0.536. The first-order chi connectivity index (χ1) is 13.2. The molecule has 3 unspecified atom stereocenters. The highest BCUT2D eigenvalue weighted by atomic mass is 16.3. The molecule has 1 aliphatic heterocycles. The molecule has 5 heteroatoms. The fourth-order valence-corrected chi connectivity index (χ4v) is 5.22. The van der Waals surface area contributed by atoms with Crippen LogP contribution in [0.4, 0.5) is 0 Å². The van der Waals surface area contributed by atoms with E-state index < -0.39 is 0 Å². The average molecular weight is 373 g/mol. The fourth-order valence-electron chi connectivity index (χ4n) is 5.22. The Balaban J connectivity index is 1.33. The number of hydrogen-bond acceptors (Lipinski definition) is 3. The number of aliphatic imine (C=N–C) groups is 1. The third-order valence-electron chi connectivity index (χ3n) is 6.87. The molecule has 4 rings (SSSR count). The Labute approximate surface area is 164 Å². The van der Waals surface area contributed by atoms with E-state index in [1.807, 2.05) is 12.1 Å². The van der Waals surface area contributed by atoms with Crippen molar-refractivity contribution in [1.82, 2.24) is 15.5 Å². The summed E-state index contributed by atoms with van der Waals surface area (Å²) in [5.41, 5.74) is 0. The number of hydrogen-bond donors (Lipinski definition) is 2. The molecule has 2 N–H and O–H groups in total. The second-order valence-electron chi connectivity index (χ2n) is 9.03. The van der Waals surface area contributed by atoms with Gasteiger partial charge in [0.15, 0.2) is 5.96 Å². The van der Waals surface area contributed by atoms with Crippen LogP contribution in [0.25, 0.3) is 0 Å². The van der Waals surface area contributed by atoms with E-state index in [2.05, 4.69) is 29.4 Å². The van der Waals surface area contributed by atoms with Crippen LogP contribution >= 0.6 is 0 Å². The zero-order valence-electron chi connectivity index (χ0n) is 17.0. The van der Waals surface area contributed by atoms with Crippen LogP contribution in [0.2, 0.25) is 0 Å². The molecule has 2 aliphatic carbocycles. The molecule has 27 heavy (non-hydrogen) atoms. The van der Waals surface area contributed by atoms with E-state index in [0.717, 1.165) is 36.5 Å². The molecule has 0 aromatic carbocycles. The van der Waals surface area contributed by atoms with Crippen molar-refractivity contribution in [2.75, 3.05) is 19.6 Å². The van der Waals surface area contributed by atoms with Crippen LogP contribution in [-0.2, 0) is 6.42 Å². The van der Waals surface area contributed by atoms with E-state index in [0.29, 0.717) is 18.1 Å². The second-order valence-corrected chi connectivity index (χ2v) is 9.03. The number of guanidine groups is 1. The van der Waals surface area contributed by atoms with Crippen molar-refractivity contribution in [3.63, 3.8) is 0 Å². The molecule has 1 aromatic rings. The van der Waals surface area contributed by atoms with Crippen LogP contribution < -0.4 is 10.6 Å². The summed E-state index contributed by atoms with van der Waals surface area (Å²) in [6.07, 6.45) is 10.6. The molecule has 5 nitrogen and oxygen atoms in total. The number of nitrogens with one attached hydrogen (secondary N) is 2. The van der Waals surface area contributed by atoms with Gasteiger partial charge in [-0.15, -0.1) is 0 Å². The maximum Gasteiger partial charge on any atom is 0.191 e. The molecule has 1 saturated heterocycles. The summed E-state index contributed by atoms with van der Waals surface area (Å²) in [6, 6.07) is 5.80. The monoisotopic (exact) mass is 372 g/mol. The van der Waals surface area contributed by atoms with E-state index in [9.17, 15) is 0 Å². The predicted octanol–water partition coefficient (Wildman–Crippen LogP) is 3.42. The number of fused-ring (bicyclic) bond motifs is 2. The Hall–Kier alpha value is -1.49. The summed E-state index contributed by atoms with van der Waals surface area (Å²) in [5, 5.41) is 7.57. The van der Waals surface area contributed by atoms with Crippen molar-refractivity contribution in [3.05, 3.63) is 24.2 Å². The summed E-state index contributed by atoms with van der Waals surface area (Å²) in [6.45, 7) is 7.73. The summed E-state index contributed by atoms with van der Waals surface area (Å²) in [4.78, 5) is 7.49. The average Bonchev–Trinajstić information content (AvgIpc) is 3.40. The van der Waals surface area contributed by atoms with Crippen molar-refractivity contribution in [2.24, 2.45) is 16.8 Å². The molecule has 150 valence electrons. The van der Waals surface area contributed by atoms with Crippen LogP contribution in [0.1, 0.15) is 58.1 Å². The van der Waals surface area contributed by atoms with Gasteiger partial charge in [-0.1, -0.05) is 6.42 Å². The molecule has 0 radical (unpaired) electrons. The lowest BCUT2D eigenvalue weighted by atomic mass is 9.95. The van der Waals surface area contributed by atoms with Gasteiger partial charge in [0.1, 0.15) is 5.76 Å². The Morgan fingerprint density at radius 3 is 2.67 bits per heavy atom. The van der Waals surface area contributed by atoms with E-state index in [1.165, 1.54) is 51.6 Å². The predicted molar refractivity (Wildman–Crippen MR) is 110 cm³/mol. The molecule has 2 saturated carbocycles. The van der Waals surface area contributed by atoms with Gasteiger partial charge in [0.2, 0.25) is 0 Å². The lowest BCUT2D eigenvalue weighted by molar-refractivity contribution is 0.167. The zero-order chi connectivity index (χ0) is 18.6. The Kier molecular flexibility index (Phi) is 6.06. The van der Waals surface area contributed by atoms with Gasteiger partial charge in [-0.3, -0.25) is 4.99 Å². The summed E-state index contributed by atoms with van der Waals surface area (Å²) >= 11 is 0. The fraction of sp³-hybridized carbons (Fsp3) is 0.773. The van der Waals surface area contributed by atoms with Gasteiger partial charge >= 0.3 is 0 Å². The molecule has 2 bridgehead atoms. The molecule has 3 fully saturated rings. The van der Waals surface area contributed by atoms with Crippen LogP contribution in [0.15, 0.2) is 27.8 Å². The number of nitrogens with zero attached hydrogens (tertiary/aromatic N) is 2. The highest BCUT2D eigenvalue weighted by Crippen LogP contribution is 2.44. The lowest BCUT2D eigenvalue weighted by Crippen LogP contribution is -2.52. The maximum atomic E-state index is 5.46. The van der Waals surface area contributed by atoms with Gasteiger partial charge in [-0.05, 0) is 69.9 Å². The van der Waals surface area contributed by atoms with E-state index in [-0.39, 0.29) is 0 Å². The highest BCUT2D eigenvalue weighted by Gasteiger charge is 2.40. The summed E-state index contributed by atoms with van der Waals surface area (Å²) in [7, 11) is 0. The standard InChI is InChI=1S/C22H36N4O/c1-16(2)26-11-8-19(9-12-26)24-22(23-10-7-20-4-3-13-27-20)25-21-15-17-5-6-18(21)14-17/h3-4,13,16-19,21H,5-12,14-15H2,1-2H3,(H2,23,24,25). The van der Waals surface area contributed by atoms with Gasteiger partial charge in [0.05, 0.1) is 6.26 Å². The third kappa shape index (κ3) is 4.87. The number of furan rings is 1. The second kappa shape index (κ2) is 8.68. The van der Waals surface area contributed by atoms with E-state index in [1.54, 1.807) is 6.26 Å². The maximum absolute atomic E-state index is 5.46. The first-order valence-corrected chi connectivity index (χ1v) is 11.0. The highest BCUT2D eigenvalue weighted by molar-refractivity contribution is 5.80. The Morgan fingerprint density at radius 2 is 2.04 bits per heavy atom. The summed E-state index contributed by atoms with van der Waals surface area (Å²) in [5.74, 6) is 3.85. The molecule has 2 heterocycles. The molecule has 1 aromatic heterocycles. The third-order valence-corrected chi connectivity index (χ3v) is 6.87. The van der Waals surface area contributed by atoms with Gasteiger partial charge in [0, 0.05) is 44.2 Å². The van der Waals surface area contributed by atoms with Gasteiger partial charge in [0.25, 0.3) is 0 Å². The number of piperidine rings is 1. The number of rotatable bonds is 6. The molecule has 0 amide bonds. The zero-order valence-corrected chi connectivity index (χ0v) is 17.0. The molecular weight excluding hydrogens is 336 g/mol. The quantitative estimate of drug-likeness (QED) is 0.593. The van der Waals surface area contributed by atoms with Crippen molar-refractivity contribution < 1.29 is 4.42 Å². The van der Waals surface area contributed by atoms with Gasteiger partial charge in [-0.2, -0.15) is 0 Å². The van der Waals surface area contributed by atoms with Crippen molar-refractivity contribution in [1.29, 1.82) is 0 Å². The lowest BCUT2D eigenvalue weighted by Gasteiger charge is -2.36. The van der Waals surface area contributed by atoms with Crippen molar-refractivity contribution in [3.8, 4) is 0 Å². The number of likely N-dealkylation sites (tertiary alicyclic amines) is 1. The first-order valence-electron chi connectivity index (χ1n) is 11.0. The Bertz CT molecular complexity index is 604. The Morgan fingerprint density at radius 1 is 1.19 bits per heavy atom. The van der Waals surface area contributed by atoms with E-state index in [4.69, 9.17) is 9.41 Å². The molecule has 3 aliphatic rings.